The standard InChI is InChI=1S/C64H40N2O4/c67-37-41-5-1-9-47(29-41)51-17-25-61-57(33-51)58-34-52(48-10-2-6-42(30-48)38-68)18-26-62(58)65(61)55-21-13-45(14-22-55)46-15-23-56(24-16-46)66-63-27-19-53(49-11-3-7-43(31-49)39-69)35-59(63)60-36-54(20-28-64(60)66)50-12-4-8-44(32-50)40-70/h1-40H. The Balaban J connectivity index is 0.931. The van der Waals surface area contributed by atoms with Gasteiger partial charge in [-0.15, -0.1) is 0 Å². The smallest absolute Gasteiger partial charge is 0.150 e. The van der Waals surface area contributed by atoms with Gasteiger partial charge in [0.1, 0.15) is 25.1 Å². The maximum atomic E-state index is 11.7. The van der Waals surface area contributed by atoms with Gasteiger partial charge < -0.3 is 9.13 Å². The van der Waals surface area contributed by atoms with Gasteiger partial charge in [-0.05, 0) is 153 Å². The van der Waals surface area contributed by atoms with Crippen LogP contribution in [0.3, 0.4) is 0 Å². The molecule has 0 aliphatic rings. The fourth-order valence-corrected chi connectivity index (χ4v) is 10.1. The van der Waals surface area contributed by atoms with Crippen LogP contribution in [0.2, 0.25) is 0 Å². The molecule has 12 rings (SSSR count). The Labute approximate surface area is 403 Å². The quantitative estimate of drug-likeness (QED) is 0.121. The third-order valence-electron chi connectivity index (χ3n) is 13.5. The SMILES string of the molecule is O=Cc1cccc(-c2ccc3c(c2)c2cc(-c4cccc(C=O)c4)ccc2n3-c2ccc(-c3ccc(-n4c5ccc(-c6cccc(C=O)c6)cc5c5cc(-c6cccc(C=O)c6)ccc54)cc3)cc2)c1. The molecule has 0 atom stereocenters. The third-order valence-corrected chi connectivity index (χ3v) is 13.5. The van der Waals surface area contributed by atoms with E-state index < -0.39 is 0 Å². The van der Waals surface area contributed by atoms with E-state index in [-0.39, 0.29) is 0 Å². The van der Waals surface area contributed by atoms with Crippen LogP contribution in [-0.4, -0.2) is 34.3 Å². The minimum atomic E-state index is 0.627. The van der Waals surface area contributed by atoms with Crippen LogP contribution in [0, 0.1) is 0 Å². The number of benzene rings is 10. The van der Waals surface area contributed by atoms with E-state index in [1.165, 1.54) is 0 Å². The molecular weight excluding hydrogens is 861 g/mol. The van der Waals surface area contributed by atoms with Gasteiger partial charge in [0, 0.05) is 55.2 Å². The summed E-state index contributed by atoms with van der Waals surface area (Å²) in [4.78, 5) is 46.8. The minimum absolute atomic E-state index is 0.627. The lowest BCUT2D eigenvalue weighted by Crippen LogP contribution is -1.95. The summed E-state index contributed by atoms with van der Waals surface area (Å²) in [5, 5.41) is 4.31. The Morgan fingerprint density at radius 1 is 0.229 bits per heavy atom. The summed E-state index contributed by atoms with van der Waals surface area (Å²) in [6.45, 7) is 0. The molecule has 70 heavy (non-hydrogen) atoms. The minimum Gasteiger partial charge on any atom is -0.309 e. The van der Waals surface area contributed by atoms with E-state index in [1.54, 1.807) is 0 Å². The molecule has 0 bridgehead atoms. The molecule has 10 aromatic carbocycles. The van der Waals surface area contributed by atoms with E-state index in [0.717, 1.165) is 136 Å². The number of hydrogen-bond donors (Lipinski definition) is 0. The fraction of sp³-hybridized carbons (Fsp3) is 0. The van der Waals surface area contributed by atoms with Crippen LogP contribution in [0.1, 0.15) is 41.4 Å². The number of rotatable bonds is 11. The molecule has 6 nitrogen and oxygen atoms in total. The second kappa shape index (κ2) is 17.3. The Bertz CT molecular complexity index is 3600. The summed E-state index contributed by atoms with van der Waals surface area (Å²) < 4.78 is 4.59. The number of nitrogens with zero attached hydrogens (tertiary/aromatic N) is 2. The van der Waals surface area contributed by atoms with Gasteiger partial charge in [-0.25, -0.2) is 0 Å². The van der Waals surface area contributed by atoms with E-state index in [1.807, 2.05) is 97.1 Å². The molecule has 0 saturated carbocycles. The van der Waals surface area contributed by atoms with Crippen LogP contribution in [0.25, 0.3) is 111 Å². The molecular formula is C64H40N2O4. The zero-order chi connectivity index (χ0) is 47.3. The molecule has 0 fully saturated rings. The molecule has 2 heterocycles. The van der Waals surface area contributed by atoms with E-state index in [2.05, 4.69) is 130 Å². The first-order chi connectivity index (χ1) is 34.5. The molecule has 0 saturated heterocycles. The first-order valence-electron chi connectivity index (χ1n) is 23.1. The Morgan fingerprint density at radius 2 is 0.457 bits per heavy atom. The van der Waals surface area contributed by atoms with Crippen molar-refractivity contribution in [3.63, 3.8) is 0 Å². The topological polar surface area (TPSA) is 78.1 Å². The molecule has 0 aliphatic carbocycles. The zero-order valence-electron chi connectivity index (χ0n) is 37.6. The largest absolute Gasteiger partial charge is 0.309 e. The molecule has 0 aliphatic heterocycles. The van der Waals surface area contributed by atoms with Gasteiger partial charge in [-0.1, -0.05) is 121 Å². The van der Waals surface area contributed by atoms with Gasteiger partial charge in [0.2, 0.25) is 0 Å². The molecule has 0 spiro atoms. The third kappa shape index (κ3) is 7.32. The fourth-order valence-electron chi connectivity index (χ4n) is 10.1. The average Bonchev–Trinajstić information content (AvgIpc) is 3.94. The van der Waals surface area contributed by atoms with Gasteiger partial charge in [-0.3, -0.25) is 19.2 Å². The van der Waals surface area contributed by atoms with Gasteiger partial charge in [0.05, 0.1) is 22.1 Å². The van der Waals surface area contributed by atoms with Crippen molar-refractivity contribution in [3.8, 4) is 67.0 Å². The van der Waals surface area contributed by atoms with E-state index in [9.17, 15) is 19.2 Å². The number of hydrogen-bond acceptors (Lipinski definition) is 4. The Kier molecular flexibility index (Phi) is 10.3. The summed E-state index contributed by atoms with van der Waals surface area (Å²) in [7, 11) is 0. The molecule has 0 unspecified atom stereocenters. The highest BCUT2D eigenvalue weighted by atomic mass is 16.1. The van der Waals surface area contributed by atoms with Crippen molar-refractivity contribution in [1.82, 2.24) is 9.13 Å². The number of carbonyl (C=O) groups is 4. The number of fused-ring (bicyclic) bond motifs is 6. The summed E-state index contributed by atoms with van der Waals surface area (Å²) in [6, 6.07) is 73.9. The van der Waals surface area contributed by atoms with Crippen molar-refractivity contribution in [3.05, 3.63) is 241 Å². The maximum Gasteiger partial charge on any atom is 0.150 e. The molecule has 12 aromatic rings. The number of aromatic nitrogens is 2. The van der Waals surface area contributed by atoms with Gasteiger partial charge >= 0.3 is 0 Å². The highest BCUT2D eigenvalue weighted by Gasteiger charge is 2.18. The molecule has 0 amide bonds. The van der Waals surface area contributed by atoms with Crippen LogP contribution < -0.4 is 0 Å². The first kappa shape index (κ1) is 41.9. The monoisotopic (exact) mass is 900 g/mol. The van der Waals surface area contributed by atoms with E-state index in [0.29, 0.717) is 22.3 Å². The summed E-state index contributed by atoms with van der Waals surface area (Å²) in [6.07, 6.45) is 3.51. The van der Waals surface area contributed by atoms with Crippen LogP contribution in [0.15, 0.2) is 218 Å². The summed E-state index contributed by atoms with van der Waals surface area (Å²) in [5.41, 5.74) is 18.8. The number of carbonyl (C=O) groups excluding carboxylic acids is 4. The van der Waals surface area contributed by atoms with Crippen molar-refractivity contribution >= 4 is 68.8 Å². The van der Waals surface area contributed by atoms with E-state index in [4.69, 9.17) is 0 Å². The second-order valence-electron chi connectivity index (χ2n) is 17.7. The van der Waals surface area contributed by atoms with Gasteiger partial charge in [0.15, 0.2) is 0 Å². The van der Waals surface area contributed by atoms with Gasteiger partial charge in [0.25, 0.3) is 0 Å². The Morgan fingerprint density at radius 3 is 0.700 bits per heavy atom. The van der Waals surface area contributed by atoms with Crippen molar-refractivity contribution in [1.29, 1.82) is 0 Å². The van der Waals surface area contributed by atoms with Crippen LogP contribution in [0.5, 0.6) is 0 Å². The van der Waals surface area contributed by atoms with Crippen LogP contribution >= 0.6 is 0 Å². The van der Waals surface area contributed by atoms with Crippen molar-refractivity contribution in [2.75, 3.05) is 0 Å². The second-order valence-corrected chi connectivity index (χ2v) is 17.7. The zero-order valence-corrected chi connectivity index (χ0v) is 37.6. The maximum absolute atomic E-state index is 11.7. The van der Waals surface area contributed by atoms with Crippen molar-refractivity contribution < 1.29 is 19.2 Å². The molecule has 0 N–H and O–H groups in total. The molecule has 330 valence electrons. The lowest BCUT2D eigenvalue weighted by Gasteiger charge is -2.12. The summed E-state index contributed by atoms with van der Waals surface area (Å²) in [5.74, 6) is 0. The first-order valence-corrected chi connectivity index (χ1v) is 23.1. The molecule has 6 heteroatoms. The highest BCUT2D eigenvalue weighted by molar-refractivity contribution is 6.13. The molecule has 0 radical (unpaired) electrons. The highest BCUT2D eigenvalue weighted by Crippen LogP contribution is 2.40. The van der Waals surface area contributed by atoms with E-state index >= 15 is 0 Å². The predicted octanol–water partition coefficient (Wildman–Crippen LogP) is 15.5. The van der Waals surface area contributed by atoms with Crippen molar-refractivity contribution in [2.24, 2.45) is 0 Å². The predicted molar refractivity (Wildman–Crippen MR) is 284 cm³/mol. The lowest BCUT2D eigenvalue weighted by molar-refractivity contribution is 0.111. The van der Waals surface area contributed by atoms with Gasteiger partial charge in [-0.2, -0.15) is 0 Å². The summed E-state index contributed by atoms with van der Waals surface area (Å²) >= 11 is 0. The normalized spacial score (nSPS) is 11.4. The van der Waals surface area contributed by atoms with Crippen LogP contribution in [0.4, 0.5) is 0 Å². The van der Waals surface area contributed by atoms with Crippen LogP contribution in [-0.2, 0) is 0 Å². The lowest BCUT2D eigenvalue weighted by atomic mass is 9.99. The number of aldehydes is 4. The molecule has 2 aromatic heterocycles. The van der Waals surface area contributed by atoms with Crippen molar-refractivity contribution in [2.45, 2.75) is 0 Å². The average molecular weight is 901 g/mol. The Hall–Kier alpha value is -9.52.